The molecule has 7 heteroatoms. The predicted octanol–water partition coefficient (Wildman–Crippen LogP) is 1.85. The second kappa shape index (κ2) is 5.81. The summed E-state index contributed by atoms with van der Waals surface area (Å²) in [6.45, 7) is 5.65. The fourth-order valence-corrected chi connectivity index (χ4v) is 4.30. The highest BCUT2D eigenvalue weighted by molar-refractivity contribution is 7.89. The van der Waals surface area contributed by atoms with Gasteiger partial charge >= 0.3 is 0 Å². The number of sulfonamides is 1. The predicted molar refractivity (Wildman–Crippen MR) is 74.8 cm³/mol. The lowest BCUT2D eigenvalue weighted by Gasteiger charge is -2.14. The number of rotatable bonds is 5. The van der Waals surface area contributed by atoms with Crippen LogP contribution < -0.4 is 0 Å². The van der Waals surface area contributed by atoms with Gasteiger partial charge < -0.3 is 4.57 Å². The Hall–Kier alpha value is -0.590. The molecule has 1 aliphatic heterocycles. The van der Waals surface area contributed by atoms with Crippen LogP contribution in [0.25, 0.3) is 0 Å². The topological polar surface area (TPSA) is 55.2 Å². The van der Waals surface area contributed by atoms with Crippen LogP contribution in [0.4, 0.5) is 0 Å². The van der Waals surface area contributed by atoms with E-state index < -0.39 is 10.0 Å². The minimum atomic E-state index is -3.44. The number of aromatic nitrogens is 2. The van der Waals surface area contributed by atoms with E-state index in [-0.39, 0.29) is 5.03 Å². The third kappa shape index (κ3) is 2.95. The Morgan fingerprint density at radius 1 is 1.53 bits per heavy atom. The van der Waals surface area contributed by atoms with Gasteiger partial charge in [-0.1, -0.05) is 0 Å². The summed E-state index contributed by atoms with van der Waals surface area (Å²) in [7, 11) is -3.44. The van der Waals surface area contributed by atoms with Crippen molar-refractivity contribution < 1.29 is 8.42 Å². The Labute approximate surface area is 119 Å². The van der Waals surface area contributed by atoms with E-state index >= 15 is 0 Å². The van der Waals surface area contributed by atoms with E-state index in [2.05, 4.69) is 4.98 Å². The van der Waals surface area contributed by atoms with Crippen molar-refractivity contribution in [2.75, 3.05) is 19.0 Å². The number of nitrogens with zero attached hydrogens (tertiary/aromatic N) is 3. The Bertz CT molecular complexity index is 541. The van der Waals surface area contributed by atoms with Gasteiger partial charge in [-0.25, -0.2) is 13.4 Å². The van der Waals surface area contributed by atoms with Gasteiger partial charge in [0.25, 0.3) is 10.0 Å². The van der Waals surface area contributed by atoms with Crippen LogP contribution in [0, 0.1) is 12.8 Å². The summed E-state index contributed by atoms with van der Waals surface area (Å²) < 4.78 is 28.3. The summed E-state index contributed by atoms with van der Waals surface area (Å²) in [5, 5.41) is 0.165. The average molecular weight is 306 g/mol. The molecule has 0 aliphatic carbocycles. The molecule has 5 nitrogen and oxygen atoms in total. The summed E-state index contributed by atoms with van der Waals surface area (Å²) in [5.74, 6) is 1.70. The zero-order valence-corrected chi connectivity index (χ0v) is 12.9. The lowest BCUT2D eigenvalue weighted by molar-refractivity contribution is 0.451. The summed E-state index contributed by atoms with van der Waals surface area (Å²) >= 11 is 5.72. The molecule has 0 N–H and O–H groups in total. The Morgan fingerprint density at radius 3 is 2.84 bits per heavy atom. The molecule has 19 heavy (non-hydrogen) atoms. The lowest BCUT2D eigenvalue weighted by Crippen LogP contribution is -2.29. The summed E-state index contributed by atoms with van der Waals surface area (Å²) in [6, 6.07) is 0. The van der Waals surface area contributed by atoms with Crippen LogP contribution in [0.15, 0.2) is 11.2 Å². The molecule has 0 bridgehead atoms. The number of aryl methyl sites for hydroxylation is 2. The van der Waals surface area contributed by atoms with E-state index in [4.69, 9.17) is 11.6 Å². The van der Waals surface area contributed by atoms with Crippen LogP contribution in [0.2, 0.25) is 0 Å². The molecule has 0 spiro atoms. The maximum absolute atomic E-state index is 12.5. The number of halogens is 1. The average Bonchev–Trinajstić information content (AvgIpc) is 2.96. The van der Waals surface area contributed by atoms with Gasteiger partial charge in [-0.3, -0.25) is 0 Å². The van der Waals surface area contributed by atoms with Gasteiger partial charge in [-0.05, 0) is 32.6 Å². The van der Waals surface area contributed by atoms with Crippen molar-refractivity contribution in [2.24, 2.45) is 5.92 Å². The van der Waals surface area contributed by atoms with Crippen molar-refractivity contribution in [3.8, 4) is 0 Å². The van der Waals surface area contributed by atoms with Crippen LogP contribution in [0.5, 0.6) is 0 Å². The summed E-state index contributed by atoms with van der Waals surface area (Å²) in [6.07, 6.45) is 3.38. The standard InChI is InChI=1S/C12H20ClN3O2S/c1-3-15-9-12(14-10(15)2)19(17,18)16-7-5-11(8-16)4-6-13/h9,11H,3-8H2,1-2H3. The smallest absolute Gasteiger partial charge is 0.262 e. The molecular formula is C12H20ClN3O2S. The number of hydrogen-bond donors (Lipinski definition) is 0. The van der Waals surface area contributed by atoms with Crippen molar-refractivity contribution in [1.82, 2.24) is 13.9 Å². The number of hydrogen-bond acceptors (Lipinski definition) is 3. The van der Waals surface area contributed by atoms with E-state index in [0.29, 0.717) is 24.9 Å². The van der Waals surface area contributed by atoms with Gasteiger partial charge in [0.05, 0.1) is 0 Å². The molecule has 1 unspecified atom stereocenters. The minimum Gasteiger partial charge on any atom is -0.334 e. The van der Waals surface area contributed by atoms with Gasteiger partial charge in [0.15, 0.2) is 5.03 Å². The van der Waals surface area contributed by atoms with Gasteiger partial charge in [0.1, 0.15) is 5.82 Å². The van der Waals surface area contributed by atoms with Crippen molar-refractivity contribution in [1.29, 1.82) is 0 Å². The Kier molecular flexibility index (Phi) is 4.53. The molecule has 0 amide bonds. The highest BCUT2D eigenvalue weighted by Crippen LogP contribution is 2.26. The maximum Gasteiger partial charge on any atom is 0.262 e. The molecule has 0 aromatic carbocycles. The molecule has 1 aromatic heterocycles. The molecule has 1 atom stereocenters. The van der Waals surface area contributed by atoms with Crippen molar-refractivity contribution >= 4 is 21.6 Å². The molecule has 1 saturated heterocycles. The van der Waals surface area contributed by atoms with Gasteiger partial charge in [0, 0.05) is 31.7 Å². The van der Waals surface area contributed by atoms with Crippen LogP contribution in [0.3, 0.4) is 0 Å². The molecule has 2 rings (SSSR count). The SMILES string of the molecule is CCn1cc(S(=O)(=O)N2CCC(CCCl)C2)nc1C. The van der Waals surface area contributed by atoms with E-state index in [1.807, 2.05) is 18.4 Å². The normalized spacial score (nSPS) is 21.1. The monoisotopic (exact) mass is 305 g/mol. The fourth-order valence-electron chi connectivity index (χ4n) is 2.46. The van der Waals surface area contributed by atoms with Crippen molar-refractivity contribution in [3.63, 3.8) is 0 Å². The first-order valence-corrected chi connectivity index (χ1v) is 8.56. The number of imidazole rings is 1. The van der Waals surface area contributed by atoms with Crippen LogP contribution >= 0.6 is 11.6 Å². The highest BCUT2D eigenvalue weighted by Gasteiger charge is 2.33. The summed E-state index contributed by atoms with van der Waals surface area (Å²) in [5.41, 5.74) is 0. The maximum atomic E-state index is 12.5. The number of alkyl halides is 1. The molecule has 1 aromatic rings. The first-order chi connectivity index (χ1) is 8.98. The molecular weight excluding hydrogens is 286 g/mol. The third-order valence-electron chi connectivity index (χ3n) is 3.66. The van der Waals surface area contributed by atoms with Crippen molar-refractivity contribution in [3.05, 3.63) is 12.0 Å². The van der Waals surface area contributed by atoms with E-state index in [1.165, 1.54) is 4.31 Å². The molecule has 2 heterocycles. The highest BCUT2D eigenvalue weighted by atomic mass is 35.5. The van der Waals surface area contributed by atoms with Gasteiger partial charge in [0.2, 0.25) is 0 Å². The van der Waals surface area contributed by atoms with Crippen molar-refractivity contribution in [2.45, 2.75) is 38.3 Å². The Morgan fingerprint density at radius 2 is 2.26 bits per heavy atom. The Balaban J connectivity index is 2.18. The fraction of sp³-hybridized carbons (Fsp3) is 0.750. The molecule has 0 saturated carbocycles. The van der Waals surface area contributed by atoms with Gasteiger partial charge in [-0.2, -0.15) is 4.31 Å². The van der Waals surface area contributed by atoms with Crippen LogP contribution in [-0.2, 0) is 16.6 Å². The minimum absolute atomic E-state index is 0.165. The quantitative estimate of drug-likeness (QED) is 0.780. The molecule has 0 radical (unpaired) electrons. The van der Waals surface area contributed by atoms with E-state index in [0.717, 1.165) is 25.2 Å². The summed E-state index contributed by atoms with van der Waals surface area (Å²) in [4.78, 5) is 4.18. The zero-order chi connectivity index (χ0) is 14.0. The molecule has 1 aliphatic rings. The second-order valence-electron chi connectivity index (χ2n) is 4.91. The van der Waals surface area contributed by atoms with Crippen LogP contribution in [-0.4, -0.2) is 41.2 Å². The lowest BCUT2D eigenvalue weighted by atomic mass is 10.1. The third-order valence-corrected chi connectivity index (χ3v) is 5.62. The van der Waals surface area contributed by atoms with Gasteiger partial charge in [-0.15, -0.1) is 11.6 Å². The molecule has 108 valence electrons. The largest absolute Gasteiger partial charge is 0.334 e. The van der Waals surface area contributed by atoms with E-state index in [1.54, 1.807) is 6.20 Å². The first-order valence-electron chi connectivity index (χ1n) is 6.59. The second-order valence-corrected chi connectivity index (χ2v) is 7.17. The van der Waals surface area contributed by atoms with Crippen LogP contribution in [0.1, 0.15) is 25.6 Å². The van der Waals surface area contributed by atoms with E-state index in [9.17, 15) is 8.42 Å². The molecule has 1 fully saturated rings. The zero-order valence-electron chi connectivity index (χ0n) is 11.3. The first kappa shape index (κ1) is 14.8.